The second-order valence-corrected chi connectivity index (χ2v) is 14.5. The summed E-state index contributed by atoms with van der Waals surface area (Å²) >= 11 is 0. The third-order valence-electron chi connectivity index (χ3n) is 11.6. The van der Waals surface area contributed by atoms with Crippen LogP contribution in [-0.2, 0) is 0 Å². The lowest BCUT2D eigenvalue weighted by Crippen LogP contribution is -1.91. The largest absolute Gasteiger partial charge is 0.455 e. The zero-order chi connectivity index (χ0) is 43.6. The monoisotopic (exact) mass is 703 g/mol. The summed E-state index contributed by atoms with van der Waals surface area (Å²) in [6.07, 6.45) is 0. The highest BCUT2D eigenvalue weighted by Gasteiger charge is 2.19. The van der Waals surface area contributed by atoms with Gasteiger partial charge in [-0.3, -0.25) is 0 Å². The molecule has 0 bridgehead atoms. The van der Waals surface area contributed by atoms with Crippen LogP contribution in [0.5, 0.6) is 0 Å². The lowest BCUT2D eigenvalue weighted by Gasteiger charge is -2.18. The molecule has 55 heavy (non-hydrogen) atoms. The number of furan rings is 1. The van der Waals surface area contributed by atoms with E-state index in [9.17, 15) is 2.74 Å². The minimum absolute atomic E-state index is 0.0481. The number of hydrogen-bond donors (Lipinski definition) is 0. The smallest absolute Gasteiger partial charge is 0.143 e. The topological polar surface area (TPSA) is 13.1 Å². The van der Waals surface area contributed by atoms with Crippen LogP contribution in [0.1, 0.15) is 12.3 Å². The van der Waals surface area contributed by atoms with Gasteiger partial charge in [-0.15, -0.1) is 0 Å². The average molecular weight is 704 g/mol. The van der Waals surface area contributed by atoms with E-state index in [0.717, 1.165) is 76.1 Å². The Kier molecular flexibility index (Phi) is 4.29. The van der Waals surface area contributed by atoms with E-state index in [1.54, 1.807) is 0 Å². The van der Waals surface area contributed by atoms with Crippen LogP contribution < -0.4 is 0 Å². The molecule has 13 rings (SSSR count). The van der Waals surface area contributed by atoms with E-state index in [1.807, 2.05) is 12.1 Å². The fourth-order valence-electron chi connectivity index (χ4n) is 9.24. The first-order chi connectivity index (χ1) is 31.0. The van der Waals surface area contributed by atoms with Crippen LogP contribution in [0.25, 0.3) is 131 Å². The molecule has 13 aromatic rings. The van der Waals surface area contributed by atoms with Crippen LogP contribution >= 0.6 is 0 Å². The Hall–Kier alpha value is -7.22. The molecule has 1 nitrogen and oxygen atoms in total. The SMILES string of the molecule is [2H]c1c([2H])c(-c2cc(-c3ccc4ccc5cccc6ccc3c4c56)cc(-c3ccc4ccc5cccc6ccc3c4c56)c2)c2c(oc3c4c([2H])c([2H])c([2H])c([2H])c4c([2H])c([2H])c32)c1[2H]. The summed E-state index contributed by atoms with van der Waals surface area (Å²) in [7, 11) is 0. The fourth-order valence-corrected chi connectivity index (χ4v) is 9.24. The van der Waals surface area contributed by atoms with Crippen molar-refractivity contribution in [1.29, 1.82) is 0 Å². The molecule has 0 aliphatic heterocycles. The van der Waals surface area contributed by atoms with Gasteiger partial charge in [0.1, 0.15) is 11.2 Å². The van der Waals surface area contributed by atoms with E-state index in [4.69, 9.17) is 14.0 Å². The quantitative estimate of drug-likeness (QED) is 0.167. The van der Waals surface area contributed by atoms with Crippen LogP contribution in [0.4, 0.5) is 0 Å². The molecule has 0 amide bonds. The first-order valence-electron chi connectivity index (χ1n) is 22.8. The maximum Gasteiger partial charge on any atom is 0.143 e. The zero-order valence-electron chi connectivity index (χ0n) is 38.0. The maximum absolute atomic E-state index is 9.61. The number of hydrogen-bond acceptors (Lipinski definition) is 1. The van der Waals surface area contributed by atoms with Crippen molar-refractivity contribution in [3.8, 4) is 33.4 Å². The van der Waals surface area contributed by atoms with Crippen molar-refractivity contribution in [2.24, 2.45) is 0 Å². The third kappa shape index (κ3) is 4.02. The first-order valence-corrected chi connectivity index (χ1v) is 18.3. The van der Waals surface area contributed by atoms with Crippen molar-refractivity contribution in [3.63, 3.8) is 0 Å². The van der Waals surface area contributed by atoms with Gasteiger partial charge < -0.3 is 4.42 Å². The Morgan fingerprint density at radius 1 is 0.327 bits per heavy atom. The van der Waals surface area contributed by atoms with Gasteiger partial charge >= 0.3 is 0 Å². The molecule has 1 heterocycles. The molecule has 0 aliphatic carbocycles. The minimum atomic E-state index is -0.535. The van der Waals surface area contributed by atoms with Gasteiger partial charge in [0.15, 0.2) is 0 Å². The normalized spacial score (nSPS) is 14.7. The van der Waals surface area contributed by atoms with Gasteiger partial charge in [0.05, 0.1) is 12.3 Å². The zero-order valence-corrected chi connectivity index (χ0v) is 29.0. The van der Waals surface area contributed by atoms with Crippen LogP contribution in [-0.4, -0.2) is 0 Å². The first kappa shape index (κ1) is 22.1. The number of rotatable bonds is 3. The summed E-state index contributed by atoms with van der Waals surface area (Å²) in [5, 5.41) is 13.4. The lowest BCUT2D eigenvalue weighted by atomic mass is 9.85. The van der Waals surface area contributed by atoms with Crippen molar-refractivity contribution < 1.29 is 16.8 Å². The van der Waals surface area contributed by atoms with Crippen molar-refractivity contribution in [3.05, 3.63) is 182 Å². The fraction of sp³-hybridized carbons (Fsp3) is 0. The van der Waals surface area contributed by atoms with Crippen LogP contribution in [0.15, 0.2) is 186 Å². The molecule has 0 spiro atoms. The molecule has 1 heteroatoms. The van der Waals surface area contributed by atoms with Gasteiger partial charge in [-0.25, -0.2) is 0 Å². The second-order valence-electron chi connectivity index (χ2n) is 14.5. The molecule has 252 valence electrons. The molecule has 1 aromatic heterocycles. The lowest BCUT2D eigenvalue weighted by molar-refractivity contribution is 0.673. The molecule has 0 atom stereocenters. The highest BCUT2D eigenvalue weighted by molar-refractivity contribution is 6.27. The average Bonchev–Trinajstić information content (AvgIpc) is 3.71. The van der Waals surface area contributed by atoms with E-state index >= 15 is 0 Å². The standard InChI is InChI=1S/C54H30O/c1-2-11-44-31(6-1)18-27-47-53-43(12-5-13-48(53)55-54(44)47)40-29-38(41-23-19-36-16-14-32-7-3-9-34-21-25-45(41)51(36)49(32)34)28-39(30-40)42-24-20-37-17-15-33-8-4-10-35-22-26-46(42)52(37)50(33)35/h1-30H/i1D,2D,5D,6D,11D,12D,13D,18D,27D. The summed E-state index contributed by atoms with van der Waals surface area (Å²) < 4.78 is 87.2. The van der Waals surface area contributed by atoms with Gasteiger partial charge in [-0.2, -0.15) is 0 Å². The summed E-state index contributed by atoms with van der Waals surface area (Å²) in [4.78, 5) is 0. The highest BCUT2D eigenvalue weighted by Crippen LogP contribution is 2.46. The van der Waals surface area contributed by atoms with Gasteiger partial charge in [0.25, 0.3) is 0 Å². The molecule has 0 saturated carbocycles. The van der Waals surface area contributed by atoms with Gasteiger partial charge in [-0.05, 0) is 134 Å². The van der Waals surface area contributed by atoms with Crippen molar-refractivity contribution in [1.82, 2.24) is 0 Å². The maximum atomic E-state index is 9.61. The van der Waals surface area contributed by atoms with Crippen molar-refractivity contribution >= 4 is 97.3 Å². The highest BCUT2D eigenvalue weighted by atomic mass is 16.3. The Bertz CT molecular complexity index is 4050. The molecule has 0 saturated heterocycles. The van der Waals surface area contributed by atoms with E-state index in [-0.39, 0.29) is 50.4 Å². The Morgan fingerprint density at radius 2 is 0.836 bits per heavy atom. The molecule has 12 aromatic carbocycles. The Balaban J connectivity index is 1.19. The molecule has 0 aliphatic rings. The predicted molar refractivity (Wildman–Crippen MR) is 235 cm³/mol. The Labute approximate surface area is 328 Å². The Morgan fingerprint density at radius 3 is 1.44 bits per heavy atom. The molecular formula is C54H30O. The molecule has 0 fully saturated rings. The summed E-state index contributed by atoms with van der Waals surface area (Å²) in [5.74, 6) is 0. The molecule has 0 N–H and O–H groups in total. The van der Waals surface area contributed by atoms with Gasteiger partial charge in [0, 0.05) is 16.2 Å². The molecular weight excluding hydrogens is 665 g/mol. The predicted octanol–water partition coefficient (Wildman–Crippen LogP) is 15.5. The van der Waals surface area contributed by atoms with E-state index in [2.05, 4.69) is 115 Å². The molecule has 0 radical (unpaired) electrons. The van der Waals surface area contributed by atoms with Crippen molar-refractivity contribution in [2.75, 3.05) is 0 Å². The second kappa shape index (κ2) is 10.7. The number of fused-ring (bicyclic) bond motifs is 5. The van der Waals surface area contributed by atoms with E-state index in [1.165, 1.54) is 10.8 Å². The summed E-state index contributed by atoms with van der Waals surface area (Å²) in [6.45, 7) is 0. The van der Waals surface area contributed by atoms with Crippen molar-refractivity contribution in [2.45, 2.75) is 0 Å². The molecule has 0 unspecified atom stereocenters. The van der Waals surface area contributed by atoms with Crippen LogP contribution in [0.3, 0.4) is 0 Å². The van der Waals surface area contributed by atoms with Gasteiger partial charge in [0.2, 0.25) is 0 Å². The third-order valence-corrected chi connectivity index (χ3v) is 11.6. The number of benzene rings is 12. The van der Waals surface area contributed by atoms with E-state index < -0.39 is 42.3 Å². The van der Waals surface area contributed by atoms with E-state index in [0.29, 0.717) is 5.56 Å². The van der Waals surface area contributed by atoms with Crippen LogP contribution in [0, 0.1) is 0 Å². The van der Waals surface area contributed by atoms with Crippen LogP contribution in [0.2, 0.25) is 0 Å². The summed E-state index contributed by atoms with van der Waals surface area (Å²) in [6, 6.07) is 40.7. The minimum Gasteiger partial charge on any atom is -0.455 e. The van der Waals surface area contributed by atoms with Gasteiger partial charge in [-0.1, -0.05) is 151 Å². The summed E-state index contributed by atoms with van der Waals surface area (Å²) in [5.41, 5.74) is 4.13.